The van der Waals surface area contributed by atoms with Gasteiger partial charge in [0.05, 0.1) is 0 Å². The van der Waals surface area contributed by atoms with Crippen molar-refractivity contribution in [3.63, 3.8) is 0 Å². The SMILES string of the molecule is CC(=O)N1N=C(c2cc(F)ccc2F)S[C@@]12CCCc1ccccc12. The molecule has 3 nitrogen and oxygen atoms in total. The van der Waals surface area contributed by atoms with Crippen LogP contribution >= 0.6 is 11.8 Å². The average Bonchev–Trinajstić information content (AvgIpc) is 2.98. The van der Waals surface area contributed by atoms with E-state index >= 15 is 0 Å². The van der Waals surface area contributed by atoms with E-state index in [1.807, 2.05) is 18.2 Å². The smallest absolute Gasteiger partial charge is 0.241 e. The number of thioether (sulfide) groups is 1. The van der Waals surface area contributed by atoms with Crippen molar-refractivity contribution < 1.29 is 13.6 Å². The van der Waals surface area contributed by atoms with E-state index in [1.54, 1.807) is 0 Å². The summed E-state index contributed by atoms with van der Waals surface area (Å²) in [5.74, 6) is -1.28. The van der Waals surface area contributed by atoms with Crippen LogP contribution in [0.5, 0.6) is 0 Å². The number of amides is 1. The van der Waals surface area contributed by atoms with Gasteiger partial charge in [0.25, 0.3) is 0 Å². The highest BCUT2D eigenvalue weighted by Crippen LogP contribution is 2.53. The Bertz CT molecular complexity index is 899. The Morgan fingerprint density at radius 2 is 2.04 bits per heavy atom. The number of nitrogens with zero attached hydrogens (tertiary/aromatic N) is 2. The van der Waals surface area contributed by atoms with E-state index in [0.717, 1.165) is 43.0 Å². The lowest BCUT2D eigenvalue weighted by Gasteiger charge is -2.39. The van der Waals surface area contributed by atoms with Crippen molar-refractivity contribution in [2.45, 2.75) is 31.1 Å². The fraction of sp³-hybridized carbons (Fsp3) is 0.263. The number of hydrogen-bond donors (Lipinski definition) is 0. The minimum Gasteiger partial charge on any atom is -0.273 e. The monoisotopic (exact) mass is 358 g/mol. The molecule has 1 heterocycles. The van der Waals surface area contributed by atoms with Crippen LogP contribution < -0.4 is 0 Å². The van der Waals surface area contributed by atoms with Gasteiger partial charge in [-0.25, -0.2) is 13.8 Å². The number of rotatable bonds is 1. The predicted molar refractivity (Wildman–Crippen MR) is 94.1 cm³/mol. The molecular weight excluding hydrogens is 342 g/mol. The van der Waals surface area contributed by atoms with Crippen molar-refractivity contribution in [3.05, 3.63) is 70.8 Å². The van der Waals surface area contributed by atoms with Crippen LogP contribution in [-0.2, 0) is 16.1 Å². The standard InChI is InChI=1S/C19H16F2N2OS/c1-12(24)23-19(10-4-6-13-5-2-3-7-16(13)19)25-18(22-23)15-11-14(20)8-9-17(15)21/h2-3,5,7-9,11H,4,6,10H2,1H3/t19-/m1/s1. The Balaban J connectivity index is 1.85. The van der Waals surface area contributed by atoms with Crippen LogP contribution in [-0.4, -0.2) is 16.0 Å². The van der Waals surface area contributed by atoms with Crippen LogP contribution in [0.25, 0.3) is 0 Å². The molecule has 1 amide bonds. The van der Waals surface area contributed by atoms with Crippen LogP contribution in [0.1, 0.15) is 36.5 Å². The summed E-state index contributed by atoms with van der Waals surface area (Å²) in [5.41, 5.74) is 2.29. The summed E-state index contributed by atoms with van der Waals surface area (Å²) >= 11 is 1.34. The average molecular weight is 358 g/mol. The first-order valence-corrected chi connectivity index (χ1v) is 8.95. The summed E-state index contributed by atoms with van der Waals surface area (Å²) < 4.78 is 27.9. The molecule has 0 saturated carbocycles. The first-order chi connectivity index (χ1) is 12.0. The Kier molecular flexibility index (Phi) is 3.87. The largest absolute Gasteiger partial charge is 0.273 e. The zero-order valence-electron chi connectivity index (χ0n) is 13.6. The van der Waals surface area contributed by atoms with E-state index in [1.165, 1.54) is 29.3 Å². The molecule has 6 heteroatoms. The Morgan fingerprint density at radius 3 is 2.84 bits per heavy atom. The summed E-state index contributed by atoms with van der Waals surface area (Å²) in [7, 11) is 0. The van der Waals surface area contributed by atoms with E-state index in [9.17, 15) is 13.6 Å². The molecule has 1 aliphatic heterocycles. The van der Waals surface area contributed by atoms with E-state index in [-0.39, 0.29) is 11.5 Å². The fourth-order valence-corrected chi connectivity index (χ4v) is 5.11. The van der Waals surface area contributed by atoms with E-state index in [2.05, 4.69) is 11.2 Å². The molecule has 0 aromatic heterocycles. The third-order valence-electron chi connectivity index (χ3n) is 4.66. The number of fused-ring (bicyclic) bond motifs is 2. The van der Waals surface area contributed by atoms with Crippen molar-refractivity contribution in [2.75, 3.05) is 0 Å². The lowest BCUT2D eigenvalue weighted by molar-refractivity contribution is -0.132. The molecule has 0 fully saturated rings. The van der Waals surface area contributed by atoms with Crippen LogP contribution in [0.3, 0.4) is 0 Å². The minimum atomic E-state index is -0.686. The molecule has 4 rings (SSSR count). The highest BCUT2D eigenvalue weighted by Gasteiger charge is 2.50. The lowest BCUT2D eigenvalue weighted by atomic mass is 9.86. The maximum atomic E-state index is 14.2. The molecule has 0 bridgehead atoms. The van der Waals surface area contributed by atoms with Gasteiger partial charge in [0.2, 0.25) is 5.91 Å². The molecule has 0 radical (unpaired) electrons. The molecule has 0 saturated heterocycles. The van der Waals surface area contributed by atoms with Crippen LogP contribution in [0.15, 0.2) is 47.6 Å². The zero-order valence-corrected chi connectivity index (χ0v) is 14.4. The van der Waals surface area contributed by atoms with Gasteiger partial charge >= 0.3 is 0 Å². The van der Waals surface area contributed by atoms with Gasteiger partial charge in [-0.2, -0.15) is 5.10 Å². The predicted octanol–water partition coefficient (Wildman–Crippen LogP) is 4.41. The van der Waals surface area contributed by atoms with Crippen molar-refractivity contribution in [1.29, 1.82) is 0 Å². The summed E-state index contributed by atoms with van der Waals surface area (Å²) in [6.45, 7) is 1.45. The number of hydrogen-bond acceptors (Lipinski definition) is 3. The summed E-state index contributed by atoms with van der Waals surface area (Å²) in [4.78, 5) is 11.6. The summed E-state index contributed by atoms with van der Waals surface area (Å²) in [6, 6.07) is 11.3. The molecular formula is C19H16F2N2OS. The molecule has 0 N–H and O–H groups in total. The highest BCUT2D eigenvalue weighted by atomic mass is 32.2. The van der Waals surface area contributed by atoms with Crippen molar-refractivity contribution >= 4 is 22.7 Å². The maximum absolute atomic E-state index is 14.2. The van der Waals surface area contributed by atoms with E-state index in [0.29, 0.717) is 5.04 Å². The number of carbonyl (C=O) groups excluding carboxylic acids is 1. The van der Waals surface area contributed by atoms with Gasteiger partial charge in [-0.15, -0.1) is 0 Å². The van der Waals surface area contributed by atoms with Gasteiger partial charge in [-0.05, 0) is 48.6 Å². The molecule has 2 aromatic rings. The summed E-state index contributed by atoms with van der Waals surface area (Å²) in [6.07, 6.45) is 2.56. The Hall–Kier alpha value is -2.21. The molecule has 128 valence electrons. The van der Waals surface area contributed by atoms with Gasteiger partial charge in [-0.3, -0.25) is 4.79 Å². The normalized spacial score (nSPS) is 22.0. The first kappa shape index (κ1) is 16.3. The number of benzene rings is 2. The van der Waals surface area contributed by atoms with Gasteiger partial charge in [0, 0.05) is 12.5 Å². The van der Waals surface area contributed by atoms with Crippen molar-refractivity contribution in [2.24, 2.45) is 5.10 Å². The van der Waals surface area contributed by atoms with Crippen LogP contribution in [0.2, 0.25) is 0 Å². The molecule has 2 aromatic carbocycles. The number of hydrazone groups is 1. The van der Waals surface area contributed by atoms with Gasteiger partial charge in [0.1, 0.15) is 21.5 Å². The van der Waals surface area contributed by atoms with Gasteiger partial charge < -0.3 is 0 Å². The van der Waals surface area contributed by atoms with Crippen molar-refractivity contribution in [3.8, 4) is 0 Å². The second-order valence-corrected chi connectivity index (χ2v) is 7.52. The second kappa shape index (κ2) is 5.95. The first-order valence-electron chi connectivity index (χ1n) is 8.13. The minimum absolute atomic E-state index is 0.0937. The van der Waals surface area contributed by atoms with E-state index in [4.69, 9.17) is 0 Å². The molecule has 0 unspecified atom stereocenters. The van der Waals surface area contributed by atoms with Crippen LogP contribution in [0, 0.1) is 11.6 Å². The molecule has 2 aliphatic rings. The fourth-order valence-electron chi connectivity index (χ4n) is 3.59. The van der Waals surface area contributed by atoms with E-state index < -0.39 is 16.5 Å². The molecule has 1 aliphatic carbocycles. The van der Waals surface area contributed by atoms with Gasteiger partial charge in [-0.1, -0.05) is 36.0 Å². The maximum Gasteiger partial charge on any atom is 0.241 e. The Labute approximate surface area is 148 Å². The molecule has 25 heavy (non-hydrogen) atoms. The third-order valence-corrected chi connectivity index (χ3v) is 6.09. The molecule has 1 atom stereocenters. The highest BCUT2D eigenvalue weighted by molar-refractivity contribution is 8.15. The number of carbonyl (C=O) groups is 1. The third kappa shape index (κ3) is 2.56. The quantitative estimate of drug-likeness (QED) is 0.756. The topological polar surface area (TPSA) is 32.7 Å². The van der Waals surface area contributed by atoms with Crippen molar-refractivity contribution in [1.82, 2.24) is 5.01 Å². The Morgan fingerprint density at radius 1 is 1.24 bits per heavy atom. The van der Waals surface area contributed by atoms with Crippen LogP contribution in [0.4, 0.5) is 8.78 Å². The zero-order chi connectivity index (χ0) is 17.6. The number of halogens is 2. The second-order valence-electron chi connectivity index (χ2n) is 6.26. The lowest BCUT2D eigenvalue weighted by Crippen LogP contribution is -2.42. The summed E-state index contributed by atoms with van der Waals surface area (Å²) in [5, 5.41) is 6.17. The molecule has 1 spiro atoms. The number of aryl methyl sites for hydroxylation is 1. The van der Waals surface area contributed by atoms with Gasteiger partial charge in [0.15, 0.2) is 0 Å².